The van der Waals surface area contributed by atoms with E-state index in [1.165, 1.54) is 6.42 Å². The first-order chi connectivity index (χ1) is 16.9. The molecule has 0 aromatic heterocycles. The van der Waals surface area contributed by atoms with Gasteiger partial charge in [0.05, 0.1) is 17.4 Å². The molecular formula is C27H45N3O5. The van der Waals surface area contributed by atoms with Crippen LogP contribution in [0.25, 0.3) is 0 Å². The zero-order valence-corrected chi connectivity index (χ0v) is 21.7. The highest BCUT2D eigenvalue weighted by Gasteiger charge is 2.78. The number of rotatable bonds is 12. The summed E-state index contributed by atoms with van der Waals surface area (Å²) in [6.45, 7) is 5.27. The predicted octanol–water partition coefficient (Wildman–Crippen LogP) is 2.67. The number of hydrogen-bond acceptors (Lipinski definition) is 5. The molecule has 1 spiro atoms. The molecule has 1 saturated carbocycles. The zero-order valence-electron chi connectivity index (χ0n) is 21.7. The number of aliphatic hydroxyl groups excluding tert-OH is 1. The summed E-state index contributed by atoms with van der Waals surface area (Å²) in [7, 11) is 0. The fraction of sp³-hybridized carbons (Fsp3) is 0.889. The third-order valence-corrected chi connectivity index (χ3v) is 9.02. The van der Waals surface area contributed by atoms with Gasteiger partial charge < -0.3 is 25.4 Å². The van der Waals surface area contributed by atoms with Gasteiger partial charge in [-0.3, -0.25) is 14.4 Å². The number of amides is 3. The summed E-state index contributed by atoms with van der Waals surface area (Å²) in [6.07, 6.45) is 11.5. The van der Waals surface area contributed by atoms with E-state index < -0.39 is 29.1 Å². The molecule has 4 fully saturated rings. The average Bonchev–Trinajstić information content (AvgIpc) is 3.46. The van der Waals surface area contributed by atoms with Crippen molar-refractivity contribution in [2.24, 2.45) is 11.8 Å². The van der Waals surface area contributed by atoms with E-state index in [-0.39, 0.29) is 30.4 Å². The fourth-order valence-electron chi connectivity index (χ4n) is 7.29. The van der Waals surface area contributed by atoms with E-state index in [1.807, 2.05) is 13.8 Å². The van der Waals surface area contributed by atoms with E-state index >= 15 is 0 Å². The summed E-state index contributed by atoms with van der Waals surface area (Å²) in [4.78, 5) is 43.0. The summed E-state index contributed by atoms with van der Waals surface area (Å²) in [6, 6.07) is -0.534. The monoisotopic (exact) mass is 491 g/mol. The number of nitrogens with one attached hydrogen (secondary N) is 2. The average molecular weight is 492 g/mol. The Kier molecular flexibility index (Phi) is 8.41. The minimum absolute atomic E-state index is 0.0948. The van der Waals surface area contributed by atoms with Gasteiger partial charge in [-0.25, -0.2) is 0 Å². The number of carbonyl (C=O) groups excluding carboxylic acids is 3. The Bertz CT molecular complexity index is 785. The smallest absolute Gasteiger partial charge is 0.246 e. The molecule has 2 bridgehead atoms. The second-order valence-corrected chi connectivity index (χ2v) is 11.1. The Morgan fingerprint density at radius 2 is 1.80 bits per heavy atom. The van der Waals surface area contributed by atoms with Crippen molar-refractivity contribution in [1.82, 2.24) is 15.5 Å². The molecule has 198 valence electrons. The maximum atomic E-state index is 14.0. The lowest BCUT2D eigenvalue weighted by molar-refractivity contribution is -0.148. The Balaban J connectivity index is 1.61. The number of aliphatic hydroxyl groups is 1. The molecule has 35 heavy (non-hydrogen) atoms. The van der Waals surface area contributed by atoms with Crippen LogP contribution in [0, 0.1) is 11.8 Å². The largest absolute Gasteiger partial charge is 0.396 e. The van der Waals surface area contributed by atoms with E-state index in [0.29, 0.717) is 32.4 Å². The van der Waals surface area contributed by atoms with Crippen molar-refractivity contribution in [1.29, 1.82) is 0 Å². The molecule has 8 nitrogen and oxygen atoms in total. The Labute approximate surface area is 209 Å². The van der Waals surface area contributed by atoms with Crippen molar-refractivity contribution >= 4 is 17.7 Å². The van der Waals surface area contributed by atoms with Crippen molar-refractivity contribution < 1.29 is 24.2 Å². The van der Waals surface area contributed by atoms with E-state index in [1.54, 1.807) is 4.90 Å². The van der Waals surface area contributed by atoms with Gasteiger partial charge in [0.2, 0.25) is 17.7 Å². The molecule has 3 N–H and O–H groups in total. The highest BCUT2D eigenvalue weighted by Crippen LogP contribution is 2.64. The third-order valence-electron chi connectivity index (χ3n) is 9.02. The van der Waals surface area contributed by atoms with E-state index in [4.69, 9.17) is 9.84 Å². The van der Waals surface area contributed by atoms with Crippen LogP contribution in [0.3, 0.4) is 0 Å². The number of unbranched alkanes of at least 4 members (excludes halogenated alkanes) is 3. The van der Waals surface area contributed by atoms with Gasteiger partial charge in [0, 0.05) is 25.7 Å². The molecule has 2 unspecified atom stereocenters. The first-order valence-corrected chi connectivity index (χ1v) is 14.1. The van der Waals surface area contributed by atoms with Gasteiger partial charge in [0.25, 0.3) is 0 Å². The zero-order chi connectivity index (χ0) is 25.1. The second-order valence-electron chi connectivity index (χ2n) is 11.1. The van der Waals surface area contributed by atoms with Gasteiger partial charge in [0.15, 0.2) is 0 Å². The summed E-state index contributed by atoms with van der Waals surface area (Å²) < 4.78 is 6.79. The number of likely N-dealkylation sites (tertiary alicyclic amines) is 1. The first kappa shape index (κ1) is 26.4. The molecule has 3 aliphatic heterocycles. The molecule has 3 heterocycles. The molecule has 3 saturated heterocycles. The topological polar surface area (TPSA) is 108 Å². The SMILES string of the molecule is CCCNC(=O)[C@@H]1[C@H]2C(=O)N(CCCCCCO)C(C(=O)NC3CCCCC3)C23CC[C@@]1(CC)O3. The Hall–Kier alpha value is -1.67. The molecule has 8 heteroatoms. The number of ether oxygens (including phenoxy) is 1. The molecule has 0 aromatic carbocycles. The standard InChI is InChI=1S/C27H45N3O5/c1-3-16-28-23(32)20-21-25(34)30(17-10-5-6-11-18-31)22(24(33)29-19-12-8-7-9-13-19)27(21)15-14-26(20,4-2)35-27/h19-22,31H,3-18H2,1-2H3,(H,28,32)(H,29,33)/t20-,21-,22?,26+,27?/m0/s1. The van der Waals surface area contributed by atoms with E-state index in [0.717, 1.165) is 57.8 Å². The Morgan fingerprint density at radius 3 is 2.49 bits per heavy atom. The minimum atomic E-state index is -0.925. The van der Waals surface area contributed by atoms with Crippen LogP contribution in [0.15, 0.2) is 0 Å². The van der Waals surface area contributed by atoms with Crippen LogP contribution in [0.1, 0.15) is 97.3 Å². The van der Waals surface area contributed by atoms with Crippen molar-refractivity contribution in [3.8, 4) is 0 Å². The Morgan fingerprint density at radius 1 is 1.06 bits per heavy atom. The maximum Gasteiger partial charge on any atom is 0.246 e. The lowest BCUT2D eigenvalue weighted by Gasteiger charge is -2.35. The summed E-state index contributed by atoms with van der Waals surface area (Å²) in [5.74, 6) is -1.46. The van der Waals surface area contributed by atoms with Crippen molar-refractivity contribution in [2.45, 2.75) is 121 Å². The van der Waals surface area contributed by atoms with Crippen molar-refractivity contribution in [3.63, 3.8) is 0 Å². The van der Waals surface area contributed by atoms with Crippen LogP contribution in [0.4, 0.5) is 0 Å². The fourth-order valence-corrected chi connectivity index (χ4v) is 7.29. The van der Waals surface area contributed by atoms with Crippen LogP contribution in [-0.4, -0.2) is 70.7 Å². The molecule has 5 atom stereocenters. The van der Waals surface area contributed by atoms with Crippen LogP contribution in [0.2, 0.25) is 0 Å². The van der Waals surface area contributed by atoms with Crippen molar-refractivity contribution in [2.75, 3.05) is 19.7 Å². The lowest BCUT2D eigenvalue weighted by Crippen LogP contribution is -2.57. The number of hydrogen-bond donors (Lipinski definition) is 3. The number of carbonyl (C=O) groups is 3. The summed E-state index contributed by atoms with van der Waals surface area (Å²) in [5.41, 5.74) is -1.60. The first-order valence-electron chi connectivity index (χ1n) is 14.1. The van der Waals surface area contributed by atoms with Crippen LogP contribution in [-0.2, 0) is 19.1 Å². The molecule has 4 aliphatic rings. The van der Waals surface area contributed by atoms with Gasteiger partial charge >= 0.3 is 0 Å². The summed E-state index contributed by atoms with van der Waals surface area (Å²) >= 11 is 0. The number of fused-ring (bicyclic) bond motifs is 1. The molecular weight excluding hydrogens is 446 g/mol. The van der Waals surface area contributed by atoms with Gasteiger partial charge in [-0.05, 0) is 51.4 Å². The van der Waals surface area contributed by atoms with Crippen molar-refractivity contribution in [3.05, 3.63) is 0 Å². The molecule has 1 aliphatic carbocycles. The van der Waals surface area contributed by atoms with Crippen LogP contribution < -0.4 is 10.6 Å². The van der Waals surface area contributed by atoms with Gasteiger partial charge in [0.1, 0.15) is 11.6 Å². The number of nitrogens with zero attached hydrogens (tertiary/aromatic N) is 1. The lowest BCUT2D eigenvalue weighted by atomic mass is 9.65. The van der Waals surface area contributed by atoms with Crippen LogP contribution in [0.5, 0.6) is 0 Å². The minimum Gasteiger partial charge on any atom is -0.396 e. The molecule has 3 amide bonds. The van der Waals surface area contributed by atoms with Gasteiger partial charge in [-0.2, -0.15) is 0 Å². The molecule has 0 aromatic rings. The highest BCUT2D eigenvalue weighted by molar-refractivity contribution is 5.99. The maximum absolute atomic E-state index is 14.0. The highest BCUT2D eigenvalue weighted by atomic mass is 16.5. The predicted molar refractivity (Wildman–Crippen MR) is 132 cm³/mol. The van der Waals surface area contributed by atoms with Gasteiger partial charge in [-0.1, -0.05) is 46.0 Å². The second kappa shape index (κ2) is 11.2. The van der Waals surface area contributed by atoms with Gasteiger partial charge in [-0.15, -0.1) is 0 Å². The molecule has 4 rings (SSSR count). The summed E-state index contributed by atoms with van der Waals surface area (Å²) in [5, 5.41) is 15.4. The van der Waals surface area contributed by atoms with E-state index in [2.05, 4.69) is 10.6 Å². The quantitative estimate of drug-likeness (QED) is 0.364. The molecule has 0 radical (unpaired) electrons. The van der Waals surface area contributed by atoms with Crippen LogP contribution >= 0.6 is 0 Å². The normalized spacial score (nSPS) is 34.3. The third kappa shape index (κ3) is 4.73. The van der Waals surface area contributed by atoms with E-state index in [9.17, 15) is 14.4 Å².